The highest BCUT2D eigenvalue weighted by Crippen LogP contribution is 2.41. The Bertz CT molecular complexity index is 4990. The predicted molar refractivity (Wildman–Crippen MR) is 423 cm³/mol. The van der Waals surface area contributed by atoms with Crippen LogP contribution in [0.5, 0.6) is 0 Å². The van der Waals surface area contributed by atoms with Crippen molar-refractivity contribution in [2.75, 3.05) is 10.2 Å². The van der Waals surface area contributed by atoms with Crippen molar-refractivity contribution in [2.24, 2.45) is 0 Å². The molecule has 0 aliphatic rings. The maximum Gasteiger partial charge on any atom is 0.0462 e. The number of hydrogen-bond acceptors (Lipinski definition) is 2. The van der Waals surface area contributed by atoms with Crippen molar-refractivity contribution in [2.45, 2.75) is 0 Å². The van der Waals surface area contributed by atoms with E-state index in [-0.39, 0.29) is 0 Å². The first kappa shape index (κ1) is 63.8. The first-order valence-electron chi connectivity index (χ1n) is 33.5. The van der Waals surface area contributed by atoms with Crippen LogP contribution in [-0.2, 0) is 0 Å². The molecule has 0 bridgehead atoms. The first-order chi connectivity index (χ1) is 49.0. The van der Waals surface area contributed by atoms with Crippen LogP contribution >= 0.6 is 11.6 Å². The van der Waals surface area contributed by atoms with E-state index >= 15 is 0 Å². The summed E-state index contributed by atoms with van der Waals surface area (Å²) in [5.74, 6) is 0. The SMILES string of the molecule is Clc1ccc(-c2ccc(-c3ccccc3)c(-c3ccccc3)c2)cc1.c1ccc(-c2ccc(N(c3ccc(-c4ccccc4)cc3)c3ccc(-c4ccc(-c5ccccc5)c(-c5ccccc5)c4)cc3)cc2)cc1.c1ccc(-c2ccc(Nc3ccc(-c4ccccc4)cc3)cc2)cc1. The summed E-state index contributed by atoms with van der Waals surface area (Å²) in [6, 6.07) is 150. The van der Waals surface area contributed by atoms with Crippen molar-refractivity contribution in [3.05, 3.63) is 430 Å². The maximum atomic E-state index is 6.03. The topological polar surface area (TPSA) is 15.3 Å². The van der Waals surface area contributed by atoms with E-state index in [1.54, 1.807) is 0 Å². The third kappa shape index (κ3) is 15.9. The van der Waals surface area contributed by atoms with Crippen LogP contribution in [0.3, 0.4) is 0 Å². The molecule has 16 aromatic carbocycles. The standard InChI is InChI=1S/C48H35N.C24H17Cl.C24H19N/c1-5-13-36(14-6-1)38-21-28-44(29-22-38)49(45-30-23-39(24-31-45)37-15-7-2-8-16-37)46-32-25-40(26-33-46)43-27-34-47(41-17-9-3-10-18-41)48(35-43)42-19-11-4-12-20-42;25-22-14-11-18(12-15-22)21-13-16-23(19-7-3-1-4-8-19)24(17-21)20-9-5-2-6-10-20;1-3-7-19(8-4-1)21-11-15-23(16-12-21)25-24-17-13-22(14-18-24)20-9-5-2-6-10-20/h1-35H;1-17H;1-18,25H. The molecule has 0 aromatic heterocycles. The average Bonchev–Trinajstić information content (AvgIpc) is 0.814. The summed E-state index contributed by atoms with van der Waals surface area (Å²) in [6.45, 7) is 0. The summed E-state index contributed by atoms with van der Waals surface area (Å²) in [5, 5.41) is 4.22. The molecule has 99 heavy (non-hydrogen) atoms. The van der Waals surface area contributed by atoms with Crippen LogP contribution < -0.4 is 10.2 Å². The Hall–Kier alpha value is -12.6. The molecule has 0 amide bonds. The second kappa shape index (κ2) is 31.3. The van der Waals surface area contributed by atoms with Gasteiger partial charge < -0.3 is 10.2 Å². The van der Waals surface area contributed by atoms with Gasteiger partial charge in [-0.2, -0.15) is 0 Å². The van der Waals surface area contributed by atoms with Gasteiger partial charge in [-0.3, -0.25) is 0 Å². The van der Waals surface area contributed by atoms with Crippen molar-refractivity contribution in [3.63, 3.8) is 0 Å². The van der Waals surface area contributed by atoms with Gasteiger partial charge in [0.05, 0.1) is 0 Å². The van der Waals surface area contributed by atoms with Gasteiger partial charge in [-0.25, -0.2) is 0 Å². The van der Waals surface area contributed by atoms with Crippen molar-refractivity contribution in [1.82, 2.24) is 0 Å². The van der Waals surface area contributed by atoms with Crippen LogP contribution in [0.2, 0.25) is 5.02 Å². The molecule has 2 nitrogen and oxygen atoms in total. The van der Waals surface area contributed by atoms with Crippen LogP contribution in [0.25, 0.3) is 111 Å². The van der Waals surface area contributed by atoms with Gasteiger partial charge in [0, 0.05) is 33.5 Å². The molecule has 0 aliphatic carbocycles. The molecular weight excluding hydrogens is 1220 g/mol. The third-order valence-electron chi connectivity index (χ3n) is 17.8. The van der Waals surface area contributed by atoms with Crippen LogP contribution in [0.15, 0.2) is 425 Å². The smallest absolute Gasteiger partial charge is 0.0462 e. The number of halogens is 1. The fourth-order valence-corrected chi connectivity index (χ4v) is 12.7. The quantitative estimate of drug-likeness (QED) is 0.110. The minimum Gasteiger partial charge on any atom is -0.356 e. The van der Waals surface area contributed by atoms with Gasteiger partial charge in [0.15, 0.2) is 0 Å². The average molecular weight is 1290 g/mol. The van der Waals surface area contributed by atoms with E-state index in [9.17, 15) is 0 Å². The molecule has 3 heteroatoms. The highest BCUT2D eigenvalue weighted by Gasteiger charge is 2.16. The summed E-state index contributed by atoms with van der Waals surface area (Å²) in [6.07, 6.45) is 0. The van der Waals surface area contributed by atoms with Gasteiger partial charge in [0.1, 0.15) is 0 Å². The molecule has 0 saturated carbocycles. The van der Waals surface area contributed by atoms with E-state index in [0.29, 0.717) is 0 Å². The van der Waals surface area contributed by atoms with Crippen LogP contribution in [-0.4, -0.2) is 0 Å². The van der Waals surface area contributed by atoms with E-state index in [4.69, 9.17) is 11.6 Å². The minimum atomic E-state index is 0.757. The molecule has 0 heterocycles. The lowest BCUT2D eigenvalue weighted by Gasteiger charge is -2.26. The minimum absolute atomic E-state index is 0.757. The van der Waals surface area contributed by atoms with Crippen LogP contribution in [0.4, 0.5) is 28.4 Å². The first-order valence-corrected chi connectivity index (χ1v) is 33.9. The monoisotopic (exact) mass is 1290 g/mol. The molecular formula is C96H71ClN2. The summed E-state index contributed by atoms with van der Waals surface area (Å²) >= 11 is 6.03. The van der Waals surface area contributed by atoms with E-state index in [1.807, 2.05) is 30.3 Å². The number of anilines is 5. The summed E-state index contributed by atoms with van der Waals surface area (Å²) in [4.78, 5) is 2.33. The molecule has 0 atom stereocenters. The Morgan fingerprint density at radius 1 is 0.162 bits per heavy atom. The molecule has 472 valence electrons. The van der Waals surface area contributed by atoms with E-state index in [1.165, 1.54) is 111 Å². The second-order valence-corrected chi connectivity index (χ2v) is 24.6. The summed E-state index contributed by atoms with van der Waals surface area (Å²) in [7, 11) is 0. The Balaban J connectivity index is 0.000000140. The molecule has 0 saturated heterocycles. The predicted octanol–water partition coefficient (Wildman–Crippen LogP) is 27.6. The molecule has 0 unspecified atom stereocenters. The van der Waals surface area contributed by atoms with E-state index in [0.717, 1.165) is 33.5 Å². The number of rotatable bonds is 15. The van der Waals surface area contributed by atoms with E-state index in [2.05, 4.69) is 405 Å². The zero-order chi connectivity index (χ0) is 66.8. The van der Waals surface area contributed by atoms with Crippen molar-refractivity contribution in [3.8, 4) is 111 Å². The number of hydrogen-bond donors (Lipinski definition) is 1. The maximum absolute atomic E-state index is 6.03. The van der Waals surface area contributed by atoms with Gasteiger partial charge in [0.2, 0.25) is 0 Å². The molecule has 16 aromatic rings. The largest absolute Gasteiger partial charge is 0.356 e. The van der Waals surface area contributed by atoms with Gasteiger partial charge in [-0.1, -0.05) is 351 Å². The Kier molecular flexibility index (Phi) is 20.2. The highest BCUT2D eigenvalue weighted by atomic mass is 35.5. The van der Waals surface area contributed by atoms with E-state index < -0.39 is 0 Å². The van der Waals surface area contributed by atoms with Crippen LogP contribution in [0.1, 0.15) is 0 Å². The lowest BCUT2D eigenvalue weighted by Crippen LogP contribution is -2.09. The number of nitrogens with zero attached hydrogens (tertiary/aromatic N) is 1. The Morgan fingerprint density at radius 2 is 0.354 bits per heavy atom. The zero-order valence-corrected chi connectivity index (χ0v) is 55.5. The van der Waals surface area contributed by atoms with Gasteiger partial charge in [0.25, 0.3) is 0 Å². The molecule has 0 spiro atoms. The van der Waals surface area contributed by atoms with Gasteiger partial charge in [-0.15, -0.1) is 0 Å². The number of benzene rings is 16. The molecule has 16 rings (SSSR count). The fourth-order valence-electron chi connectivity index (χ4n) is 12.6. The molecule has 0 radical (unpaired) electrons. The van der Waals surface area contributed by atoms with Crippen molar-refractivity contribution in [1.29, 1.82) is 0 Å². The second-order valence-electron chi connectivity index (χ2n) is 24.2. The summed E-state index contributed by atoms with van der Waals surface area (Å²) in [5.41, 5.74) is 29.8. The van der Waals surface area contributed by atoms with Gasteiger partial charge in [-0.05, 0) is 196 Å². The zero-order valence-electron chi connectivity index (χ0n) is 54.7. The Morgan fingerprint density at radius 3 is 0.616 bits per heavy atom. The lowest BCUT2D eigenvalue weighted by atomic mass is 9.91. The van der Waals surface area contributed by atoms with Crippen molar-refractivity contribution >= 4 is 40.0 Å². The molecule has 1 N–H and O–H groups in total. The van der Waals surface area contributed by atoms with Crippen LogP contribution in [0, 0.1) is 0 Å². The van der Waals surface area contributed by atoms with Gasteiger partial charge >= 0.3 is 0 Å². The highest BCUT2D eigenvalue weighted by molar-refractivity contribution is 6.30. The molecule has 0 fully saturated rings. The summed E-state index contributed by atoms with van der Waals surface area (Å²) < 4.78 is 0. The normalized spacial score (nSPS) is 10.7. The lowest BCUT2D eigenvalue weighted by molar-refractivity contribution is 1.28. The third-order valence-corrected chi connectivity index (χ3v) is 18.0. The Labute approximate surface area is 587 Å². The van der Waals surface area contributed by atoms with Crippen molar-refractivity contribution < 1.29 is 0 Å². The number of nitrogens with one attached hydrogen (secondary N) is 1. The fraction of sp³-hybridized carbons (Fsp3) is 0. The molecule has 0 aliphatic heterocycles.